The molecular weight excluding hydrogens is 150 g/mol. The summed E-state index contributed by atoms with van der Waals surface area (Å²) in [5, 5.41) is 9.53. The summed E-state index contributed by atoms with van der Waals surface area (Å²) < 4.78 is 0. The molecule has 0 atom stereocenters. The van der Waals surface area contributed by atoms with Crippen LogP contribution < -0.4 is 0 Å². The number of alkyl halides is 1. The van der Waals surface area contributed by atoms with Crippen molar-refractivity contribution < 1.29 is 5.11 Å². The minimum atomic E-state index is -0.397. The average Bonchev–Trinajstić information content (AvgIpc) is 1.85. The van der Waals surface area contributed by atoms with Gasteiger partial charge in [0.1, 0.15) is 0 Å². The summed E-state index contributed by atoms with van der Waals surface area (Å²) >= 11 is 5.52. The second kappa shape index (κ2) is 3.07. The fourth-order valence-electron chi connectivity index (χ4n) is 1.29. The first kappa shape index (κ1) is 8.31. The molecule has 1 aliphatic heterocycles. The van der Waals surface area contributed by atoms with Gasteiger partial charge in [0.2, 0.25) is 0 Å². The molecule has 0 aromatic rings. The molecular formula is C7H14ClNO. The van der Waals surface area contributed by atoms with Crippen LogP contribution in [0.2, 0.25) is 0 Å². The Morgan fingerprint density at radius 2 is 2.20 bits per heavy atom. The zero-order valence-corrected chi connectivity index (χ0v) is 7.06. The first-order chi connectivity index (χ1) is 4.70. The molecule has 0 unspecified atom stereocenters. The summed E-state index contributed by atoms with van der Waals surface area (Å²) in [6.45, 7) is 4.52. The smallest absolute Gasteiger partial charge is 0.0897 e. The van der Waals surface area contributed by atoms with Gasteiger partial charge in [0.05, 0.1) is 5.60 Å². The van der Waals surface area contributed by atoms with Gasteiger partial charge in [-0.05, 0) is 6.42 Å². The van der Waals surface area contributed by atoms with Gasteiger partial charge in [-0.2, -0.15) is 0 Å². The highest BCUT2D eigenvalue weighted by Crippen LogP contribution is 2.23. The molecule has 2 nitrogen and oxygen atoms in total. The van der Waals surface area contributed by atoms with Crippen LogP contribution in [-0.2, 0) is 0 Å². The van der Waals surface area contributed by atoms with Gasteiger partial charge >= 0.3 is 0 Å². The van der Waals surface area contributed by atoms with Gasteiger partial charge in [0.15, 0.2) is 0 Å². The van der Waals surface area contributed by atoms with Gasteiger partial charge in [-0.3, -0.25) is 4.90 Å². The van der Waals surface area contributed by atoms with Crippen molar-refractivity contribution in [3.8, 4) is 0 Å². The van der Waals surface area contributed by atoms with Crippen LogP contribution in [0.1, 0.15) is 13.3 Å². The van der Waals surface area contributed by atoms with E-state index < -0.39 is 5.60 Å². The average molecular weight is 164 g/mol. The molecule has 1 fully saturated rings. The van der Waals surface area contributed by atoms with Gasteiger partial charge in [0, 0.05) is 25.5 Å². The molecule has 1 aliphatic rings. The molecule has 1 N–H and O–H groups in total. The zero-order chi connectivity index (χ0) is 7.61. The number of likely N-dealkylation sites (tertiary alicyclic amines) is 1. The van der Waals surface area contributed by atoms with Crippen LogP contribution in [0.15, 0.2) is 0 Å². The predicted octanol–water partition coefficient (Wildman–Crippen LogP) is 0.682. The summed E-state index contributed by atoms with van der Waals surface area (Å²) in [5.41, 5.74) is -0.397. The Hall–Kier alpha value is 0.210. The summed E-state index contributed by atoms with van der Waals surface area (Å²) in [6, 6.07) is 0. The van der Waals surface area contributed by atoms with Crippen LogP contribution in [-0.4, -0.2) is 41.1 Å². The Morgan fingerprint density at radius 3 is 2.60 bits per heavy atom. The van der Waals surface area contributed by atoms with E-state index >= 15 is 0 Å². The highest BCUT2D eigenvalue weighted by atomic mass is 35.5. The molecule has 1 saturated heterocycles. The lowest BCUT2D eigenvalue weighted by Gasteiger charge is -2.45. The Labute approximate surface area is 66.8 Å². The molecule has 60 valence electrons. The lowest BCUT2D eigenvalue weighted by Crippen LogP contribution is -2.61. The largest absolute Gasteiger partial charge is 0.387 e. The highest BCUT2D eigenvalue weighted by molar-refractivity contribution is 6.18. The van der Waals surface area contributed by atoms with Gasteiger partial charge < -0.3 is 5.11 Å². The van der Waals surface area contributed by atoms with Gasteiger partial charge in [-0.1, -0.05) is 6.92 Å². The number of rotatable bonds is 3. The van der Waals surface area contributed by atoms with Gasteiger partial charge in [-0.15, -0.1) is 11.6 Å². The summed E-state index contributed by atoms with van der Waals surface area (Å²) in [7, 11) is 0. The monoisotopic (exact) mass is 163 g/mol. The first-order valence-corrected chi connectivity index (χ1v) is 4.24. The second-order valence-electron chi connectivity index (χ2n) is 2.98. The molecule has 10 heavy (non-hydrogen) atoms. The summed E-state index contributed by atoms with van der Waals surface area (Å²) in [6.07, 6.45) is 0.853. The number of hydrogen-bond donors (Lipinski definition) is 1. The molecule has 0 saturated carbocycles. The lowest BCUT2D eigenvalue weighted by atomic mass is 9.92. The van der Waals surface area contributed by atoms with E-state index in [1.807, 2.05) is 6.92 Å². The molecule has 0 aromatic carbocycles. The van der Waals surface area contributed by atoms with Gasteiger partial charge in [-0.25, -0.2) is 0 Å². The maximum absolute atomic E-state index is 9.53. The maximum atomic E-state index is 9.53. The fourth-order valence-corrected chi connectivity index (χ4v) is 1.53. The van der Waals surface area contributed by atoms with Gasteiger partial charge in [0.25, 0.3) is 0 Å². The predicted molar refractivity (Wildman–Crippen MR) is 42.4 cm³/mol. The maximum Gasteiger partial charge on any atom is 0.0897 e. The standard InChI is InChI=1S/C7H14ClNO/c1-2-7(10)5-9(6-7)4-3-8/h10H,2-6H2,1H3. The number of aliphatic hydroxyl groups is 1. The van der Waals surface area contributed by atoms with E-state index in [1.165, 1.54) is 0 Å². The van der Waals surface area contributed by atoms with E-state index in [0.717, 1.165) is 26.1 Å². The van der Waals surface area contributed by atoms with Crippen LogP contribution >= 0.6 is 11.6 Å². The van der Waals surface area contributed by atoms with E-state index in [4.69, 9.17) is 11.6 Å². The van der Waals surface area contributed by atoms with Crippen LogP contribution in [0, 0.1) is 0 Å². The molecule has 0 radical (unpaired) electrons. The number of nitrogens with zero attached hydrogens (tertiary/aromatic N) is 1. The third-order valence-electron chi connectivity index (χ3n) is 2.09. The summed E-state index contributed by atoms with van der Waals surface area (Å²) in [5.74, 6) is 0.666. The fraction of sp³-hybridized carbons (Fsp3) is 1.00. The van der Waals surface area contributed by atoms with E-state index in [-0.39, 0.29) is 0 Å². The first-order valence-electron chi connectivity index (χ1n) is 3.71. The molecule has 3 heteroatoms. The normalized spacial score (nSPS) is 24.3. The SMILES string of the molecule is CCC1(O)CN(CCCl)C1. The Bertz CT molecular complexity index is 112. The molecule has 0 aromatic heterocycles. The molecule has 0 bridgehead atoms. The molecule has 1 heterocycles. The number of hydrogen-bond acceptors (Lipinski definition) is 2. The lowest BCUT2D eigenvalue weighted by molar-refractivity contribution is -0.0966. The second-order valence-corrected chi connectivity index (χ2v) is 3.36. The summed E-state index contributed by atoms with van der Waals surface area (Å²) in [4.78, 5) is 2.16. The number of β-amino-alcohol motifs (C(OH)–C–C–N with tert-alkyl or cyclic N) is 1. The van der Waals surface area contributed by atoms with Crippen molar-refractivity contribution in [2.75, 3.05) is 25.5 Å². The quantitative estimate of drug-likeness (QED) is 0.619. The minimum absolute atomic E-state index is 0.397. The molecule has 0 spiro atoms. The third-order valence-corrected chi connectivity index (χ3v) is 2.26. The van der Waals surface area contributed by atoms with Crippen molar-refractivity contribution in [2.24, 2.45) is 0 Å². The van der Waals surface area contributed by atoms with Crippen molar-refractivity contribution >= 4 is 11.6 Å². The minimum Gasteiger partial charge on any atom is -0.387 e. The van der Waals surface area contributed by atoms with Crippen molar-refractivity contribution in [1.82, 2.24) is 4.90 Å². The van der Waals surface area contributed by atoms with E-state index in [1.54, 1.807) is 0 Å². The third kappa shape index (κ3) is 1.62. The molecule has 1 rings (SSSR count). The Balaban J connectivity index is 2.16. The van der Waals surface area contributed by atoms with Crippen LogP contribution in [0.3, 0.4) is 0 Å². The van der Waals surface area contributed by atoms with Crippen LogP contribution in [0.25, 0.3) is 0 Å². The van der Waals surface area contributed by atoms with Crippen LogP contribution in [0.5, 0.6) is 0 Å². The van der Waals surface area contributed by atoms with Crippen molar-refractivity contribution in [1.29, 1.82) is 0 Å². The van der Waals surface area contributed by atoms with Crippen molar-refractivity contribution in [3.63, 3.8) is 0 Å². The van der Waals surface area contributed by atoms with E-state index in [0.29, 0.717) is 5.88 Å². The van der Waals surface area contributed by atoms with Crippen molar-refractivity contribution in [3.05, 3.63) is 0 Å². The zero-order valence-electron chi connectivity index (χ0n) is 6.31. The topological polar surface area (TPSA) is 23.5 Å². The molecule has 0 aliphatic carbocycles. The van der Waals surface area contributed by atoms with Crippen LogP contribution in [0.4, 0.5) is 0 Å². The Morgan fingerprint density at radius 1 is 1.60 bits per heavy atom. The van der Waals surface area contributed by atoms with E-state index in [9.17, 15) is 5.11 Å². The number of halogens is 1. The Kier molecular flexibility index (Phi) is 2.55. The molecule has 0 amide bonds. The van der Waals surface area contributed by atoms with E-state index in [2.05, 4.69) is 4.90 Å². The van der Waals surface area contributed by atoms with Crippen molar-refractivity contribution in [2.45, 2.75) is 18.9 Å². The highest BCUT2D eigenvalue weighted by Gasteiger charge is 2.38.